The van der Waals surface area contributed by atoms with Crippen molar-refractivity contribution < 1.29 is 14.3 Å². The lowest BCUT2D eigenvalue weighted by atomic mass is 9.89. The molecule has 3 heteroatoms. The smallest absolute Gasteiger partial charge is 0.137 e. The highest BCUT2D eigenvalue weighted by molar-refractivity contribution is 5.81. The molecule has 0 rings (SSSR count). The van der Waals surface area contributed by atoms with Gasteiger partial charge in [-0.2, -0.15) is 0 Å². The topological polar surface area (TPSA) is 43.4 Å². The molecule has 0 radical (unpaired) electrons. The summed E-state index contributed by atoms with van der Waals surface area (Å²) in [6, 6.07) is 0. The van der Waals surface area contributed by atoms with E-state index in [0.29, 0.717) is 19.4 Å². The Morgan fingerprint density at radius 1 is 1.06 bits per heavy atom. The van der Waals surface area contributed by atoms with Gasteiger partial charge in [-0.15, -0.1) is 0 Å². The number of rotatable bonds is 7. The second kappa shape index (κ2) is 5.58. The summed E-state index contributed by atoms with van der Waals surface area (Å²) in [4.78, 5) is 22.2. The van der Waals surface area contributed by atoms with E-state index < -0.39 is 5.41 Å². The largest absolute Gasteiger partial charge is 0.375 e. The van der Waals surface area contributed by atoms with Gasteiger partial charge in [0.2, 0.25) is 0 Å². The molecule has 0 aromatic carbocycles. The predicted molar refractivity (Wildman–Crippen MR) is 64.4 cm³/mol. The van der Waals surface area contributed by atoms with Crippen LogP contribution in [0.3, 0.4) is 0 Å². The summed E-state index contributed by atoms with van der Waals surface area (Å²) in [5.74, 6) is 0.289. The monoisotopic (exact) mass is 228 g/mol. The third-order valence-electron chi connectivity index (χ3n) is 2.86. The highest BCUT2D eigenvalue weighted by atomic mass is 16.5. The number of ketones is 2. The fourth-order valence-electron chi connectivity index (χ4n) is 1.03. The molecule has 0 saturated heterocycles. The van der Waals surface area contributed by atoms with Crippen LogP contribution in [-0.4, -0.2) is 23.8 Å². The van der Waals surface area contributed by atoms with Gasteiger partial charge in [0.05, 0.1) is 12.2 Å². The van der Waals surface area contributed by atoms with E-state index in [9.17, 15) is 9.59 Å². The van der Waals surface area contributed by atoms with Crippen molar-refractivity contribution >= 4 is 11.6 Å². The van der Waals surface area contributed by atoms with Crippen molar-refractivity contribution in [1.29, 1.82) is 0 Å². The van der Waals surface area contributed by atoms with Crippen LogP contribution >= 0.6 is 0 Å². The van der Waals surface area contributed by atoms with E-state index in [1.807, 2.05) is 27.7 Å². The molecule has 0 saturated carbocycles. The molecule has 0 unspecified atom stereocenters. The number of carbonyl (C=O) groups excluding carboxylic acids is 2. The van der Waals surface area contributed by atoms with Crippen molar-refractivity contribution in [2.75, 3.05) is 6.61 Å². The molecule has 0 fully saturated rings. The zero-order valence-electron chi connectivity index (χ0n) is 11.3. The summed E-state index contributed by atoms with van der Waals surface area (Å²) in [6.45, 7) is 11.2. The molecular weight excluding hydrogens is 204 g/mol. The van der Waals surface area contributed by atoms with Gasteiger partial charge >= 0.3 is 0 Å². The van der Waals surface area contributed by atoms with Crippen LogP contribution in [0.25, 0.3) is 0 Å². The Hall–Kier alpha value is -0.700. The van der Waals surface area contributed by atoms with Crippen LogP contribution in [-0.2, 0) is 14.3 Å². The van der Waals surface area contributed by atoms with Crippen LogP contribution in [0.15, 0.2) is 0 Å². The third-order valence-corrected chi connectivity index (χ3v) is 2.86. The third kappa shape index (κ3) is 6.01. The first kappa shape index (κ1) is 15.3. The van der Waals surface area contributed by atoms with Crippen molar-refractivity contribution in [2.24, 2.45) is 5.41 Å². The lowest BCUT2D eigenvalue weighted by Crippen LogP contribution is -2.34. The average molecular weight is 228 g/mol. The van der Waals surface area contributed by atoms with Gasteiger partial charge in [-0.3, -0.25) is 4.79 Å². The zero-order valence-corrected chi connectivity index (χ0v) is 11.3. The molecule has 0 N–H and O–H groups in total. The first-order chi connectivity index (χ1) is 7.07. The zero-order chi connectivity index (χ0) is 13.0. The van der Waals surface area contributed by atoms with Crippen molar-refractivity contribution in [3.63, 3.8) is 0 Å². The molecule has 0 aliphatic rings. The van der Waals surface area contributed by atoms with Gasteiger partial charge in [-0.05, 0) is 34.1 Å². The van der Waals surface area contributed by atoms with E-state index in [1.54, 1.807) is 13.8 Å². The second-order valence-corrected chi connectivity index (χ2v) is 5.69. The van der Waals surface area contributed by atoms with Gasteiger partial charge in [-0.1, -0.05) is 13.8 Å². The number of carbonyl (C=O) groups is 2. The van der Waals surface area contributed by atoms with Crippen LogP contribution in [0.4, 0.5) is 0 Å². The quantitative estimate of drug-likeness (QED) is 0.673. The Morgan fingerprint density at radius 2 is 1.56 bits per heavy atom. The first-order valence-corrected chi connectivity index (χ1v) is 5.71. The molecule has 0 spiro atoms. The summed E-state index contributed by atoms with van der Waals surface area (Å²) in [5.41, 5.74) is -0.800. The van der Waals surface area contributed by atoms with E-state index in [4.69, 9.17) is 4.74 Å². The van der Waals surface area contributed by atoms with Crippen LogP contribution in [0.1, 0.15) is 54.4 Å². The Labute approximate surface area is 98.6 Å². The maximum Gasteiger partial charge on any atom is 0.137 e. The highest BCUT2D eigenvalue weighted by Gasteiger charge is 2.28. The number of ether oxygens (including phenoxy) is 1. The van der Waals surface area contributed by atoms with Gasteiger partial charge < -0.3 is 9.53 Å². The maximum absolute atomic E-state index is 11.3. The van der Waals surface area contributed by atoms with Crippen LogP contribution < -0.4 is 0 Å². The molecule has 0 aliphatic heterocycles. The molecule has 0 heterocycles. The Balaban J connectivity index is 4.17. The molecular formula is C13H24O3. The van der Waals surface area contributed by atoms with E-state index >= 15 is 0 Å². The lowest BCUT2D eigenvalue weighted by Gasteiger charge is -2.30. The molecule has 0 amide bonds. The first-order valence-electron chi connectivity index (χ1n) is 5.71. The minimum absolute atomic E-state index is 0.120. The minimum Gasteiger partial charge on any atom is -0.375 e. The Morgan fingerprint density at radius 3 is 1.94 bits per heavy atom. The number of hydrogen-bond donors (Lipinski definition) is 0. The van der Waals surface area contributed by atoms with Gasteiger partial charge in [0, 0.05) is 11.8 Å². The maximum atomic E-state index is 11.3. The summed E-state index contributed by atoms with van der Waals surface area (Å²) in [7, 11) is 0. The predicted octanol–water partition coefficient (Wildman–Crippen LogP) is 2.77. The fourth-order valence-corrected chi connectivity index (χ4v) is 1.03. The Bertz CT molecular complexity index is 264. The van der Waals surface area contributed by atoms with Crippen molar-refractivity contribution in [3.05, 3.63) is 0 Å². The average Bonchev–Trinajstić information content (AvgIpc) is 2.12. The molecule has 3 nitrogen and oxygen atoms in total. The normalized spacial score (nSPS) is 12.6. The van der Waals surface area contributed by atoms with E-state index in [2.05, 4.69) is 0 Å². The molecule has 0 bridgehead atoms. The second-order valence-electron chi connectivity index (χ2n) is 5.69. The number of hydrogen-bond acceptors (Lipinski definition) is 3. The van der Waals surface area contributed by atoms with E-state index in [0.717, 1.165) is 0 Å². The van der Waals surface area contributed by atoms with Gasteiger partial charge in [0.15, 0.2) is 0 Å². The molecule has 0 atom stereocenters. The lowest BCUT2D eigenvalue weighted by molar-refractivity contribution is -0.133. The Kier molecular flexibility index (Phi) is 5.33. The highest BCUT2D eigenvalue weighted by Crippen LogP contribution is 2.23. The fraction of sp³-hybridized carbons (Fsp3) is 0.846. The summed E-state index contributed by atoms with van der Waals surface area (Å²) in [6.07, 6.45) is 1.21. The van der Waals surface area contributed by atoms with E-state index in [1.165, 1.54) is 0 Å². The van der Waals surface area contributed by atoms with Crippen molar-refractivity contribution in [1.82, 2.24) is 0 Å². The van der Waals surface area contributed by atoms with Crippen molar-refractivity contribution in [2.45, 2.75) is 60.0 Å². The minimum atomic E-state index is -0.451. The van der Waals surface area contributed by atoms with Crippen molar-refractivity contribution in [3.8, 4) is 0 Å². The summed E-state index contributed by atoms with van der Waals surface area (Å²) >= 11 is 0. The van der Waals surface area contributed by atoms with Crippen LogP contribution in [0, 0.1) is 5.41 Å². The van der Waals surface area contributed by atoms with Gasteiger partial charge in [-0.25, -0.2) is 0 Å². The summed E-state index contributed by atoms with van der Waals surface area (Å²) < 4.78 is 5.73. The molecule has 0 aromatic heterocycles. The number of Topliss-reactive ketones (excluding diaryl/α,β-unsaturated/α-hetero) is 2. The SMILES string of the molecule is CC(=O)CCC(C)(C)OCC(C)(C)C(C)=O. The van der Waals surface area contributed by atoms with Gasteiger partial charge in [0.25, 0.3) is 0 Å². The standard InChI is InChI=1S/C13H24O3/c1-10(14)7-8-13(5,6)16-9-12(3,4)11(2)15/h7-9H2,1-6H3. The molecule has 94 valence electrons. The van der Waals surface area contributed by atoms with Gasteiger partial charge in [0.1, 0.15) is 11.6 Å². The van der Waals surface area contributed by atoms with Crippen LogP contribution in [0.5, 0.6) is 0 Å². The molecule has 0 aromatic rings. The molecule has 0 aliphatic carbocycles. The van der Waals surface area contributed by atoms with Crippen LogP contribution in [0.2, 0.25) is 0 Å². The summed E-state index contributed by atoms with van der Waals surface area (Å²) in [5, 5.41) is 0. The van der Waals surface area contributed by atoms with E-state index in [-0.39, 0.29) is 17.2 Å². The molecule has 16 heavy (non-hydrogen) atoms.